The third-order valence-electron chi connectivity index (χ3n) is 3.98. The normalized spacial score (nSPS) is 13.3. The minimum absolute atomic E-state index is 0.140. The van der Waals surface area contributed by atoms with Crippen LogP contribution in [-0.2, 0) is 6.42 Å². The fourth-order valence-electron chi connectivity index (χ4n) is 2.64. The first-order chi connectivity index (χ1) is 11.5. The number of aliphatic hydroxyl groups is 1. The standard InChI is InChI=1S/C18H25N3O3/c1-12(11-17(22)15-7-5-4-6-8-15)20-18(23)19-10-9-16-13(2)21-24-14(16)3/h4-8,12,17,22H,9-11H2,1-3H3,(H2,19,20,23). The summed E-state index contributed by atoms with van der Waals surface area (Å²) in [5.41, 5.74) is 2.74. The fourth-order valence-corrected chi connectivity index (χ4v) is 2.64. The van der Waals surface area contributed by atoms with Crippen LogP contribution in [0.25, 0.3) is 0 Å². The highest BCUT2D eigenvalue weighted by molar-refractivity contribution is 5.74. The van der Waals surface area contributed by atoms with E-state index < -0.39 is 6.10 Å². The molecule has 0 aliphatic heterocycles. The van der Waals surface area contributed by atoms with Crippen LogP contribution in [0.1, 0.15) is 42.0 Å². The number of nitrogens with zero attached hydrogens (tertiary/aromatic N) is 1. The van der Waals surface area contributed by atoms with Gasteiger partial charge in [0.2, 0.25) is 0 Å². The molecule has 2 atom stereocenters. The van der Waals surface area contributed by atoms with Crippen molar-refractivity contribution in [2.45, 2.75) is 45.8 Å². The Balaban J connectivity index is 1.72. The molecule has 0 fully saturated rings. The Morgan fingerprint density at radius 1 is 1.29 bits per heavy atom. The van der Waals surface area contributed by atoms with Crippen molar-refractivity contribution < 1.29 is 14.4 Å². The van der Waals surface area contributed by atoms with E-state index in [0.29, 0.717) is 19.4 Å². The van der Waals surface area contributed by atoms with Crippen molar-refractivity contribution in [3.63, 3.8) is 0 Å². The molecule has 6 heteroatoms. The summed E-state index contributed by atoms with van der Waals surface area (Å²) in [6.45, 7) is 6.13. The van der Waals surface area contributed by atoms with E-state index in [1.54, 1.807) is 0 Å². The topological polar surface area (TPSA) is 87.4 Å². The maximum atomic E-state index is 11.9. The van der Waals surface area contributed by atoms with Crippen LogP contribution in [0.5, 0.6) is 0 Å². The van der Waals surface area contributed by atoms with Crippen molar-refractivity contribution in [1.82, 2.24) is 15.8 Å². The minimum atomic E-state index is -0.594. The number of benzene rings is 1. The number of amides is 2. The summed E-state index contributed by atoms with van der Waals surface area (Å²) in [6, 6.07) is 9.05. The monoisotopic (exact) mass is 331 g/mol. The van der Waals surface area contributed by atoms with Crippen LogP contribution in [0.15, 0.2) is 34.9 Å². The van der Waals surface area contributed by atoms with E-state index in [-0.39, 0.29) is 12.1 Å². The average Bonchev–Trinajstić information content (AvgIpc) is 2.87. The molecule has 0 radical (unpaired) electrons. The van der Waals surface area contributed by atoms with E-state index in [0.717, 1.165) is 22.6 Å². The number of rotatable bonds is 7. The summed E-state index contributed by atoms with van der Waals surface area (Å²) in [7, 11) is 0. The van der Waals surface area contributed by atoms with Crippen molar-refractivity contribution in [2.75, 3.05) is 6.54 Å². The summed E-state index contributed by atoms with van der Waals surface area (Å²) >= 11 is 0. The molecule has 2 aromatic rings. The Bertz CT molecular complexity index is 635. The van der Waals surface area contributed by atoms with Gasteiger partial charge < -0.3 is 20.3 Å². The Morgan fingerprint density at radius 3 is 2.62 bits per heavy atom. The highest BCUT2D eigenvalue weighted by Crippen LogP contribution is 2.17. The molecule has 1 aromatic carbocycles. The Morgan fingerprint density at radius 2 is 2.00 bits per heavy atom. The van der Waals surface area contributed by atoms with Crippen molar-refractivity contribution in [2.24, 2.45) is 0 Å². The van der Waals surface area contributed by atoms with Gasteiger partial charge >= 0.3 is 6.03 Å². The third kappa shape index (κ3) is 5.09. The van der Waals surface area contributed by atoms with Gasteiger partial charge in [-0.15, -0.1) is 0 Å². The highest BCUT2D eigenvalue weighted by atomic mass is 16.5. The largest absolute Gasteiger partial charge is 0.388 e. The van der Waals surface area contributed by atoms with Crippen LogP contribution in [0.4, 0.5) is 4.79 Å². The number of nitrogens with one attached hydrogen (secondary N) is 2. The molecule has 2 amide bonds. The van der Waals surface area contributed by atoms with Crippen LogP contribution in [-0.4, -0.2) is 28.9 Å². The highest BCUT2D eigenvalue weighted by Gasteiger charge is 2.14. The van der Waals surface area contributed by atoms with Gasteiger partial charge in [0.25, 0.3) is 0 Å². The number of urea groups is 1. The molecule has 1 heterocycles. The fraction of sp³-hybridized carbons (Fsp3) is 0.444. The lowest BCUT2D eigenvalue weighted by Crippen LogP contribution is -2.42. The number of carbonyl (C=O) groups is 1. The Kier molecular flexibility index (Phi) is 6.37. The van der Waals surface area contributed by atoms with E-state index in [4.69, 9.17) is 4.52 Å². The number of aryl methyl sites for hydroxylation is 2. The van der Waals surface area contributed by atoms with Crippen LogP contribution in [0.2, 0.25) is 0 Å². The molecule has 6 nitrogen and oxygen atoms in total. The van der Waals surface area contributed by atoms with Gasteiger partial charge in [0.05, 0.1) is 11.8 Å². The summed E-state index contributed by atoms with van der Waals surface area (Å²) in [5.74, 6) is 0.786. The molecule has 2 unspecified atom stereocenters. The molecule has 0 saturated carbocycles. The molecule has 0 aliphatic rings. The molecule has 130 valence electrons. The van der Waals surface area contributed by atoms with E-state index >= 15 is 0 Å². The van der Waals surface area contributed by atoms with Crippen molar-refractivity contribution >= 4 is 6.03 Å². The molecule has 24 heavy (non-hydrogen) atoms. The number of carbonyl (C=O) groups excluding carboxylic acids is 1. The van der Waals surface area contributed by atoms with Gasteiger partial charge in [0, 0.05) is 18.2 Å². The van der Waals surface area contributed by atoms with Gasteiger partial charge in [0.15, 0.2) is 0 Å². The quantitative estimate of drug-likeness (QED) is 0.728. The number of aromatic nitrogens is 1. The second-order valence-electron chi connectivity index (χ2n) is 6.02. The lowest BCUT2D eigenvalue weighted by molar-refractivity contribution is 0.154. The first-order valence-electron chi connectivity index (χ1n) is 8.16. The second-order valence-corrected chi connectivity index (χ2v) is 6.02. The van der Waals surface area contributed by atoms with Crippen LogP contribution in [0.3, 0.4) is 0 Å². The smallest absolute Gasteiger partial charge is 0.315 e. The Hall–Kier alpha value is -2.34. The average molecular weight is 331 g/mol. The molecule has 0 aliphatic carbocycles. The zero-order valence-corrected chi connectivity index (χ0v) is 14.4. The number of hydrogen-bond acceptors (Lipinski definition) is 4. The molecular formula is C18H25N3O3. The van der Waals surface area contributed by atoms with Crippen molar-refractivity contribution in [1.29, 1.82) is 0 Å². The van der Waals surface area contributed by atoms with Crippen LogP contribution in [0, 0.1) is 13.8 Å². The first-order valence-corrected chi connectivity index (χ1v) is 8.16. The number of hydrogen-bond donors (Lipinski definition) is 3. The van der Waals surface area contributed by atoms with Gasteiger partial charge in [0.1, 0.15) is 5.76 Å². The first kappa shape index (κ1) is 18.0. The van der Waals surface area contributed by atoms with E-state index in [2.05, 4.69) is 15.8 Å². The van der Waals surface area contributed by atoms with Crippen LogP contribution >= 0.6 is 0 Å². The third-order valence-corrected chi connectivity index (χ3v) is 3.98. The lowest BCUT2D eigenvalue weighted by atomic mass is 10.0. The Labute approximate surface area is 142 Å². The van der Waals surface area contributed by atoms with Crippen LogP contribution < -0.4 is 10.6 Å². The molecule has 0 spiro atoms. The van der Waals surface area contributed by atoms with Gasteiger partial charge in [-0.05, 0) is 39.2 Å². The van der Waals surface area contributed by atoms with E-state index in [1.165, 1.54) is 0 Å². The molecule has 2 rings (SSSR count). The molecule has 0 saturated heterocycles. The predicted octanol–water partition coefficient (Wildman–Crippen LogP) is 2.65. The SMILES string of the molecule is Cc1noc(C)c1CCNC(=O)NC(C)CC(O)c1ccccc1. The van der Waals surface area contributed by atoms with Crippen molar-refractivity contribution in [3.05, 3.63) is 52.9 Å². The second kappa shape index (κ2) is 8.49. The lowest BCUT2D eigenvalue weighted by Gasteiger charge is -2.18. The summed E-state index contributed by atoms with van der Waals surface area (Å²) in [6.07, 6.45) is 0.542. The molecular weight excluding hydrogens is 306 g/mol. The zero-order chi connectivity index (χ0) is 17.5. The van der Waals surface area contributed by atoms with Gasteiger partial charge in [-0.3, -0.25) is 0 Å². The van der Waals surface area contributed by atoms with E-state index in [9.17, 15) is 9.90 Å². The minimum Gasteiger partial charge on any atom is -0.388 e. The molecule has 1 aromatic heterocycles. The van der Waals surface area contributed by atoms with Gasteiger partial charge in [-0.25, -0.2) is 4.79 Å². The molecule has 0 bridgehead atoms. The van der Waals surface area contributed by atoms with Gasteiger partial charge in [-0.2, -0.15) is 0 Å². The number of aliphatic hydroxyl groups excluding tert-OH is 1. The summed E-state index contributed by atoms with van der Waals surface area (Å²) in [4.78, 5) is 11.9. The molecule has 3 N–H and O–H groups in total. The van der Waals surface area contributed by atoms with E-state index in [1.807, 2.05) is 51.1 Å². The zero-order valence-electron chi connectivity index (χ0n) is 14.4. The summed E-state index contributed by atoms with van der Waals surface area (Å²) in [5, 5.41) is 19.7. The predicted molar refractivity (Wildman–Crippen MR) is 91.7 cm³/mol. The maximum absolute atomic E-state index is 11.9. The maximum Gasteiger partial charge on any atom is 0.315 e. The van der Waals surface area contributed by atoms with Crippen molar-refractivity contribution in [3.8, 4) is 0 Å². The van der Waals surface area contributed by atoms with Gasteiger partial charge in [-0.1, -0.05) is 35.5 Å². The summed E-state index contributed by atoms with van der Waals surface area (Å²) < 4.78 is 5.10.